The summed E-state index contributed by atoms with van der Waals surface area (Å²) < 4.78 is 11.5. The molecule has 2 aliphatic heterocycles. The Labute approximate surface area is 152 Å². The number of aromatic nitrogens is 2. The van der Waals surface area contributed by atoms with Gasteiger partial charge in [-0.3, -0.25) is 0 Å². The monoisotopic (exact) mass is 352 g/mol. The Hall–Kier alpha value is -2.18. The van der Waals surface area contributed by atoms with Gasteiger partial charge in [0.05, 0.1) is 6.61 Å². The minimum Gasteiger partial charge on any atom is -0.450 e. The number of ether oxygens (including phenoxy) is 1. The highest BCUT2D eigenvalue weighted by atomic mass is 16.5. The molecule has 1 aromatic carbocycles. The molecule has 6 heteroatoms. The number of para-hydroxylation sites is 1. The number of piperidine rings is 1. The van der Waals surface area contributed by atoms with Crippen molar-refractivity contribution in [2.24, 2.45) is 5.92 Å². The molecule has 1 N–H and O–H groups in total. The van der Waals surface area contributed by atoms with E-state index in [1.54, 1.807) is 6.33 Å². The number of rotatable bonds is 4. The molecule has 2 aromatic heterocycles. The third-order valence-corrected chi connectivity index (χ3v) is 5.63. The zero-order valence-electron chi connectivity index (χ0n) is 14.9. The fourth-order valence-corrected chi connectivity index (χ4v) is 4.17. The van der Waals surface area contributed by atoms with Crippen LogP contribution in [0.4, 0.5) is 5.82 Å². The molecule has 6 nitrogen and oxygen atoms in total. The van der Waals surface area contributed by atoms with E-state index in [-0.39, 0.29) is 0 Å². The molecule has 0 aliphatic carbocycles. The third-order valence-electron chi connectivity index (χ3n) is 5.63. The lowest BCUT2D eigenvalue weighted by Crippen LogP contribution is -2.41. The second-order valence-corrected chi connectivity index (χ2v) is 7.45. The third kappa shape index (κ3) is 3.04. The molecule has 2 saturated heterocycles. The second kappa shape index (κ2) is 6.85. The zero-order valence-corrected chi connectivity index (χ0v) is 14.9. The van der Waals surface area contributed by atoms with E-state index in [9.17, 15) is 0 Å². The Kier molecular flexibility index (Phi) is 4.22. The summed E-state index contributed by atoms with van der Waals surface area (Å²) >= 11 is 0. The predicted octanol–water partition coefficient (Wildman–Crippen LogP) is 3.29. The van der Waals surface area contributed by atoms with Crippen LogP contribution in [-0.4, -0.2) is 53.8 Å². The summed E-state index contributed by atoms with van der Waals surface area (Å²) in [5.74, 6) is 1.53. The molecule has 26 heavy (non-hydrogen) atoms. The van der Waals surface area contributed by atoms with Crippen LogP contribution in [0.5, 0.6) is 0 Å². The first-order valence-electron chi connectivity index (χ1n) is 9.56. The number of hydrogen-bond donors (Lipinski definition) is 1. The Morgan fingerprint density at radius 1 is 1.12 bits per heavy atom. The van der Waals surface area contributed by atoms with E-state index in [4.69, 9.17) is 9.15 Å². The van der Waals surface area contributed by atoms with Gasteiger partial charge in [-0.05, 0) is 37.3 Å². The molecule has 4 heterocycles. The fourth-order valence-electron chi connectivity index (χ4n) is 4.17. The van der Waals surface area contributed by atoms with Crippen molar-refractivity contribution < 1.29 is 9.15 Å². The first-order valence-corrected chi connectivity index (χ1v) is 9.56. The van der Waals surface area contributed by atoms with Gasteiger partial charge in [-0.25, -0.2) is 9.97 Å². The predicted molar refractivity (Wildman–Crippen MR) is 101 cm³/mol. The van der Waals surface area contributed by atoms with Gasteiger partial charge in [-0.1, -0.05) is 12.1 Å². The number of anilines is 1. The van der Waals surface area contributed by atoms with Gasteiger partial charge < -0.3 is 19.4 Å². The molecule has 0 radical (unpaired) electrons. The first-order chi connectivity index (χ1) is 12.9. The normalized spacial score (nSPS) is 22.4. The van der Waals surface area contributed by atoms with E-state index >= 15 is 0 Å². The summed E-state index contributed by atoms with van der Waals surface area (Å²) in [4.78, 5) is 11.5. The van der Waals surface area contributed by atoms with Gasteiger partial charge in [0.25, 0.3) is 0 Å². The fraction of sp³-hybridized carbons (Fsp3) is 0.500. The van der Waals surface area contributed by atoms with Crippen molar-refractivity contribution in [1.82, 2.24) is 14.9 Å². The molecule has 136 valence electrons. The summed E-state index contributed by atoms with van der Waals surface area (Å²) in [5, 5.41) is 4.65. The number of furan rings is 1. The summed E-state index contributed by atoms with van der Waals surface area (Å²) in [6.45, 7) is 5.30. The average Bonchev–Trinajstić information content (AvgIpc) is 3.31. The van der Waals surface area contributed by atoms with E-state index in [1.165, 1.54) is 13.0 Å². The number of hydrogen-bond acceptors (Lipinski definition) is 6. The molecule has 0 bridgehead atoms. The van der Waals surface area contributed by atoms with Gasteiger partial charge in [0.1, 0.15) is 17.4 Å². The maximum atomic E-state index is 6.02. The lowest BCUT2D eigenvalue weighted by molar-refractivity contribution is 0.154. The summed E-state index contributed by atoms with van der Waals surface area (Å²) in [6.07, 6.45) is 5.09. The number of nitrogens with zero attached hydrogens (tertiary/aromatic N) is 3. The van der Waals surface area contributed by atoms with Crippen molar-refractivity contribution >= 4 is 27.9 Å². The largest absolute Gasteiger partial charge is 0.450 e. The molecule has 1 unspecified atom stereocenters. The van der Waals surface area contributed by atoms with Crippen molar-refractivity contribution in [1.29, 1.82) is 0 Å². The lowest BCUT2D eigenvalue weighted by Gasteiger charge is -2.33. The van der Waals surface area contributed by atoms with Crippen LogP contribution in [-0.2, 0) is 4.74 Å². The molecular formula is C20H24N4O2. The highest BCUT2D eigenvalue weighted by Crippen LogP contribution is 2.31. The molecule has 2 fully saturated rings. The van der Waals surface area contributed by atoms with Crippen LogP contribution in [0.3, 0.4) is 0 Å². The van der Waals surface area contributed by atoms with E-state index in [0.29, 0.717) is 6.04 Å². The summed E-state index contributed by atoms with van der Waals surface area (Å²) in [6, 6.07) is 8.45. The van der Waals surface area contributed by atoms with Gasteiger partial charge >= 0.3 is 0 Å². The van der Waals surface area contributed by atoms with Gasteiger partial charge in [0.2, 0.25) is 0 Å². The van der Waals surface area contributed by atoms with E-state index < -0.39 is 0 Å². The molecule has 1 atom stereocenters. The zero-order chi connectivity index (χ0) is 17.3. The van der Waals surface area contributed by atoms with Crippen LogP contribution in [0, 0.1) is 5.92 Å². The van der Waals surface area contributed by atoms with Gasteiger partial charge in [0, 0.05) is 37.7 Å². The standard InChI is InChI=1S/C20H24N4O2/c1-2-4-17-16(3-1)18-19(26-17)20(22-13-21-18)23-15-5-8-24(9-6-15)11-14-7-10-25-12-14/h1-4,13-15H,5-12H2,(H,21,22,23). The number of likely N-dealkylation sites (tertiary alicyclic amines) is 1. The molecule has 0 spiro atoms. The van der Waals surface area contributed by atoms with Crippen molar-refractivity contribution in [3.63, 3.8) is 0 Å². The number of benzene rings is 1. The highest BCUT2D eigenvalue weighted by Gasteiger charge is 2.24. The minimum absolute atomic E-state index is 0.428. The van der Waals surface area contributed by atoms with Crippen molar-refractivity contribution in [3.8, 4) is 0 Å². The molecule has 3 aromatic rings. The van der Waals surface area contributed by atoms with Gasteiger partial charge in [-0.2, -0.15) is 0 Å². The minimum atomic E-state index is 0.428. The molecule has 2 aliphatic rings. The molecule has 5 rings (SSSR count). The smallest absolute Gasteiger partial charge is 0.196 e. The molecule has 0 amide bonds. The Balaban J connectivity index is 1.28. The van der Waals surface area contributed by atoms with E-state index in [2.05, 4.69) is 20.2 Å². The Morgan fingerprint density at radius 3 is 2.85 bits per heavy atom. The van der Waals surface area contributed by atoms with Crippen molar-refractivity contribution in [2.75, 3.05) is 38.2 Å². The van der Waals surface area contributed by atoms with E-state index in [0.717, 1.165) is 72.9 Å². The maximum absolute atomic E-state index is 6.02. The molecular weight excluding hydrogens is 328 g/mol. The lowest BCUT2D eigenvalue weighted by atomic mass is 10.0. The van der Waals surface area contributed by atoms with E-state index in [1.807, 2.05) is 24.3 Å². The van der Waals surface area contributed by atoms with Crippen LogP contribution in [0.2, 0.25) is 0 Å². The van der Waals surface area contributed by atoms with Crippen LogP contribution in [0.1, 0.15) is 19.3 Å². The van der Waals surface area contributed by atoms with Crippen molar-refractivity contribution in [2.45, 2.75) is 25.3 Å². The number of fused-ring (bicyclic) bond motifs is 3. The second-order valence-electron chi connectivity index (χ2n) is 7.45. The van der Waals surface area contributed by atoms with Gasteiger partial charge in [-0.15, -0.1) is 0 Å². The Bertz CT molecular complexity index is 895. The quantitative estimate of drug-likeness (QED) is 0.777. The topological polar surface area (TPSA) is 63.4 Å². The van der Waals surface area contributed by atoms with Crippen LogP contribution in [0.15, 0.2) is 35.0 Å². The van der Waals surface area contributed by atoms with Crippen molar-refractivity contribution in [3.05, 3.63) is 30.6 Å². The average molecular weight is 352 g/mol. The van der Waals surface area contributed by atoms with Gasteiger partial charge in [0.15, 0.2) is 11.4 Å². The maximum Gasteiger partial charge on any atom is 0.196 e. The highest BCUT2D eigenvalue weighted by molar-refractivity contribution is 6.05. The van der Waals surface area contributed by atoms with Crippen LogP contribution >= 0.6 is 0 Å². The Morgan fingerprint density at radius 2 is 2.00 bits per heavy atom. The van der Waals surface area contributed by atoms with Crippen LogP contribution < -0.4 is 5.32 Å². The molecule has 0 saturated carbocycles. The van der Waals surface area contributed by atoms with Crippen LogP contribution in [0.25, 0.3) is 22.1 Å². The first kappa shape index (κ1) is 16.0. The SMILES string of the molecule is c1ccc2c(c1)oc1c(NC3CCN(CC4CCOC4)CC3)ncnc12. The summed E-state index contributed by atoms with van der Waals surface area (Å²) in [5.41, 5.74) is 2.51. The summed E-state index contributed by atoms with van der Waals surface area (Å²) in [7, 11) is 0. The number of nitrogens with one attached hydrogen (secondary N) is 1.